The molecule has 0 bridgehead atoms. The standard InChI is InChI=1S/C17H23FO/c1-5-8-12-16(18)13-9-11-14(4)17(19)15(7-3)10-6-2/h3,6,10-11,13,17,19H,2,5,8-9,12H2,1,4H3/b14-11+,15-10+,16-13+. The Morgan fingerprint density at radius 1 is 1.47 bits per heavy atom. The van der Waals surface area contributed by atoms with Gasteiger partial charge in [0.2, 0.25) is 0 Å². The van der Waals surface area contributed by atoms with E-state index < -0.39 is 6.10 Å². The molecule has 104 valence electrons. The number of hydrogen-bond acceptors (Lipinski definition) is 1. The molecule has 0 fully saturated rings. The second-order valence-corrected chi connectivity index (χ2v) is 4.34. The van der Waals surface area contributed by atoms with Gasteiger partial charge in [0, 0.05) is 5.57 Å². The molecule has 0 amide bonds. The Kier molecular flexibility index (Phi) is 9.48. The van der Waals surface area contributed by atoms with E-state index in [0.717, 1.165) is 12.8 Å². The lowest BCUT2D eigenvalue weighted by Gasteiger charge is -2.10. The van der Waals surface area contributed by atoms with Crippen molar-refractivity contribution in [1.82, 2.24) is 0 Å². The predicted octanol–water partition coefficient (Wildman–Crippen LogP) is 4.47. The van der Waals surface area contributed by atoms with Crippen molar-refractivity contribution in [3.05, 3.63) is 47.9 Å². The average Bonchev–Trinajstić information content (AvgIpc) is 2.41. The van der Waals surface area contributed by atoms with Crippen LogP contribution in [0, 0.1) is 12.3 Å². The fourth-order valence-corrected chi connectivity index (χ4v) is 1.52. The van der Waals surface area contributed by atoms with Crippen LogP contribution < -0.4 is 0 Å². The third kappa shape index (κ3) is 7.43. The zero-order valence-electron chi connectivity index (χ0n) is 11.8. The fraction of sp³-hybridized carbons (Fsp3) is 0.412. The molecular weight excluding hydrogens is 239 g/mol. The van der Waals surface area contributed by atoms with Gasteiger partial charge in [-0.05, 0) is 43.9 Å². The van der Waals surface area contributed by atoms with Gasteiger partial charge in [0.15, 0.2) is 0 Å². The molecule has 0 aromatic heterocycles. The maximum atomic E-state index is 13.3. The lowest BCUT2D eigenvalue weighted by atomic mass is 10.0. The van der Waals surface area contributed by atoms with Crippen LogP contribution >= 0.6 is 0 Å². The molecule has 0 radical (unpaired) electrons. The lowest BCUT2D eigenvalue weighted by Crippen LogP contribution is -2.10. The molecule has 0 heterocycles. The minimum atomic E-state index is -0.824. The van der Waals surface area contributed by atoms with Crippen LogP contribution in [0.1, 0.15) is 39.5 Å². The summed E-state index contributed by atoms with van der Waals surface area (Å²) in [5.41, 5.74) is 1.17. The summed E-state index contributed by atoms with van der Waals surface area (Å²) in [6, 6.07) is 0. The zero-order chi connectivity index (χ0) is 14.7. The minimum absolute atomic E-state index is 0.0980. The molecule has 19 heavy (non-hydrogen) atoms. The average molecular weight is 262 g/mol. The van der Waals surface area contributed by atoms with Crippen molar-refractivity contribution >= 4 is 0 Å². The third-order valence-corrected chi connectivity index (χ3v) is 2.74. The topological polar surface area (TPSA) is 20.2 Å². The summed E-state index contributed by atoms with van der Waals surface area (Å²) in [5.74, 6) is 2.32. The second kappa shape index (κ2) is 10.3. The predicted molar refractivity (Wildman–Crippen MR) is 80.2 cm³/mol. The summed E-state index contributed by atoms with van der Waals surface area (Å²) < 4.78 is 13.3. The minimum Gasteiger partial charge on any atom is -0.383 e. The number of terminal acetylenes is 1. The maximum Gasteiger partial charge on any atom is 0.108 e. The second-order valence-electron chi connectivity index (χ2n) is 4.34. The van der Waals surface area contributed by atoms with E-state index in [1.54, 1.807) is 25.2 Å². The highest BCUT2D eigenvalue weighted by Crippen LogP contribution is 2.14. The van der Waals surface area contributed by atoms with Crippen molar-refractivity contribution in [2.24, 2.45) is 0 Å². The monoisotopic (exact) mass is 262 g/mol. The van der Waals surface area contributed by atoms with Crippen molar-refractivity contribution in [2.75, 3.05) is 0 Å². The molecule has 1 atom stereocenters. The van der Waals surface area contributed by atoms with Gasteiger partial charge in [0.05, 0.1) is 5.83 Å². The van der Waals surface area contributed by atoms with E-state index in [9.17, 15) is 9.50 Å². The van der Waals surface area contributed by atoms with E-state index in [1.165, 1.54) is 6.08 Å². The van der Waals surface area contributed by atoms with Gasteiger partial charge < -0.3 is 5.11 Å². The number of halogens is 1. The van der Waals surface area contributed by atoms with Gasteiger partial charge in [-0.2, -0.15) is 0 Å². The van der Waals surface area contributed by atoms with E-state index >= 15 is 0 Å². The van der Waals surface area contributed by atoms with Crippen molar-refractivity contribution < 1.29 is 9.50 Å². The van der Waals surface area contributed by atoms with Crippen molar-refractivity contribution in [2.45, 2.75) is 45.6 Å². The zero-order valence-corrected chi connectivity index (χ0v) is 11.8. The van der Waals surface area contributed by atoms with Crippen molar-refractivity contribution in [1.29, 1.82) is 0 Å². The van der Waals surface area contributed by atoms with Crippen LogP contribution in [0.4, 0.5) is 4.39 Å². The van der Waals surface area contributed by atoms with Gasteiger partial charge in [0.1, 0.15) is 6.10 Å². The van der Waals surface area contributed by atoms with Crippen LogP contribution in [0.2, 0.25) is 0 Å². The molecule has 0 aliphatic rings. The fourth-order valence-electron chi connectivity index (χ4n) is 1.52. The Bertz CT molecular complexity index is 407. The van der Waals surface area contributed by atoms with Gasteiger partial charge in [-0.1, -0.05) is 38.0 Å². The Morgan fingerprint density at radius 3 is 2.68 bits per heavy atom. The van der Waals surface area contributed by atoms with Crippen LogP contribution in [0.15, 0.2) is 47.9 Å². The van der Waals surface area contributed by atoms with Crippen molar-refractivity contribution in [3.63, 3.8) is 0 Å². The number of aliphatic hydroxyl groups is 1. The molecule has 1 N–H and O–H groups in total. The first kappa shape index (κ1) is 17.4. The highest BCUT2D eigenvalue weighted by atomic mass is 19.1. The normalized spacial score (nSPS) is 15.0. The largest absolute Gasteiger partial charge is 0.383 e. The van der Waals surface area contributed by atoms with Gasteiger partial charge in [-0.25, -0.2) is 4.39 Å². The maximum absolute atomic E-state index is 13.3. The number of unbranched alkanes of at least 4 members (excludes halogenated alkanes) is 1. The summed E-state index contributed by atoms with van der Waals surface area (Å²) >= 11 is 0. The van der Waals surface area contributed by atoms with Crippen molar-refractivity contribution in [3.8, 4) is 12.3 Å². The highest BCUT2D eigenvalue weighted by molar-refractivity contribution is 5.37. The molecule has 2 heteroatoms. The molecule has 0 aromatic rings. The van der Waals surface area contributed by atoms with E-state index in [2.05, 4.69) is 12.5 Å². The summed E-state index contributed by atoms with van der Waals surface area (Å²) in [6.07, 6.45) is 13.7. The molecule has 0 aliphatic carbocycles. The van der Waals surface area contributed by atoms with E-state index in [-0.39, 0.29) is 5.83 Å². The van der Waals surface area contributed by atoms with Crippen LogP contribution in [0.5, 0.6) is 0 Å². The molecule has 0 saturated heterocycles. The smallest absolute Gasteiger partial charge is 0.108 e. The van der Waals surface area contributed by atoms with E-state index in [4.69, 9.17) is 6.42 Å². The summed E-state index contributed by atoms with van der Waals surface area (Å²) in [5, 5.41) is 9.97. The van der Waals surface area contributed by atoms with Crippen LogP contribution in [0.25, 0.3) is 0 Å². The van der Waals surface area contributed by atoms with E-state index in [0.29, 0.717) is 24.0 Å². The Hall–Kier alpha value is -1.59. The molecule has 0 aromatic carbocycles. The molecule has 1 nitrogen and oxygen atoms in total. The van der Waals surface area contributed by atoms with Gasteiger partial charge in [0.25, 0.3) is 0 Å². The molecule has 0 rings (SSSR count). The van der Waals surface area contributed by atoms with Crippen LogP contribution in [-0.2, 0) is 0 Å². The Balaban J connectivity index is 4.53. The third-order valence-electron chi connectivity index (χ3n) is 2.74. The number of aliphatic hydroxyl groups excluding tert-OH is 1. The Labute approximate surface area is 116 Å². The number of rotatable bonds is 8. The molecular formula is C17H23FO. The molecule has 0 aliphatic heterocycles. The Morgan fingerprint density at radius 2 is 2.16 bits per heavy atom. The van der Waals surface area contributed by atoms with E-state index in [1.807, 2.05) is 6.92 Å². The van der Waals surface area contributed by atoms with Gasteiger partial charge >= 0.3 is 0 Å². The van der Waals surface area contributed by atoms with Gasteiger partial charge in [-0.15, -0.1) is 6.42 Å². The SMILES string of the molecule is C#C/C(=C\C=C)C(O)/C(C)=C/C/C=C(/F)CCCC. The first-order valence-corrected chi connectivity index (χ1v) is 6.55. The highest BCUT2D eigenvalue weighted by Gasteiger charge is 2.09. The van der Waals surface area contributed by atoms with Crippen LogP contribution in [-0.4, -0.2) is 11.2 Å². The van der Waals surface area contributed by atoms with Crippen LogP contribution in [0.3, 0.4) is 0 Å². The molecule has 1 unspecified atom stereocenters. The quantitative estimate of drug-likeness (QED) is 0.388. The molecule has 0 saturated carbocycles. The number of hydrogen-bond donors (Lipinski definition) is 1. The molecule has 0 spiro atoms. The summed E-state index contributed by atoms with van der Waals surface area (Å²) in [6.45, 7) is 7.35. The van der Waals surface area contributed by atoms with Gasteiger partial charge in [-0.3, -0.25) is 0 Å². The summed E-state index contributed by atoms with van der Waals surface area (Å²) in [7, 11) is 0. The first-order valence-electron chi connectivity index (χ1n) is 6.55. The first-order chi connectivity index (χ1) is 9.06. The number of allylic oxidation sites excluding steroid dienone is 5. The summed E-state index contributed by atoms with van der Waals surface area (Å²) in [4.78, 5) is 0. The lowest BCUT2D eigenvalue weighted by molar-refractivity contribution is 0.251.